The van der Waals surface area contributed by atoms with Crippen LogP contribution < -0.4 is 0 Å². The van der Waals surface area contributed by atoms with Crippen LogP contribution in [0.15, 0.2) is 24.3 Å². The van der Waals surface area contributed by atoms with Gasteiger partial charge in [-0.1, -0.05) is 24.3 Å². The van der Waals surface area contributed by atoms with E-state index in [1.807, 2.05) is 17.0 Å². The first-order chi connectivity index (χ1) is 10.4. The molecule has 22 heavy (non-hydrogen) atoms. The van der Waals surface area contributed by atoms with E-state index in [4.69, 9.17) is 0 Å². The summed E-state index contributed by atoms with van der Waals surface area (Å²) in [5.41, 5.74) is 2.52. The van der Waals surface area contributed by atoms with Crippen LogP contribution in [-0.4, -0.2) is 49.4 Å². The highest BCUT2D eigenvalue weighted by Gasteiger charge is 2.33. The van der Waals surface area contributed by atoms with Crippen molar-refractivity contribution in [2.45, 2.75) is 25.8 Å². The maximum Gasteiger partial charge on any atom is 0.227 e. The van der Waals surface area contributed by atoms with Crippen molar-refractivity contribution in [1.29, 1.82) is 0 Å². The molecule has 1 aromatic carbocycles. The standard InChI is InChI=1S/C16H22N2O3S/c1-22(20,21)18-9-4-7-15(12-18)16(19)17-10-8-13-5-2-3-6-14(13)11-17/h2-3,5-6,15H,4,7-12H2,1H3/t15-/m0/s1. The number of rotatable bonds is 2. The second-order valence-electron chi connectivity index (χ2n) is 6.24. The van der Waals surface area contributed by atoms with Crippen molar-refractivity contribution in [2.24, 2.45) is 5.92 Å². The lowest BCUT2D eigenvalue weighted by molar-refractivity contribution is -0.137. The molecular weight excluding hydrogens is 300 g/mol. The summed E-state index contributed by atoms with van der Waals surface area (Å²) in [5, 5.41) is 0. The minimum Gasteiger partial charge on any atom is -0.338 e. The third kappa shape index (κ3) is 3.17. The first-order valence-electron chi connectivity index (χ1n) is 7.76. The molecule has 0 aromatic heterocycles. The summed E-state index contributed by atoms with van der Waals surface area (Å²) < 4.78 is 24.8. The second-order valence-corrected chi connectivity index (χ2v) is 8.22. The smallest absolute Gasteiger partial charge is 0.227 e. The van der Waals surface area contributed by atoms with Gasteiger partial charge in [0.05, 0.1) is 12.2 Å². The van der Waals surface area contributed by atoms with E-state index in [9.17, 15) is 13.2 Å². The Morgan fingerprint density at radius 3 is 2.64 bits per heavy atom. The van der Waals surface area contributed by atoms with Crippen LogP contribution in [0, 0.1) is 5.92 Å². The van der Waals surface area contributed by atoms with Crippen LogP contribution in [-0.2, 0) is 27.8 Å². The molecule has 2 aliphatic rings. The van der Waals surface area contributed by atoms with E-state index >= 15 is 0 Å². The van der Waals surface area contributed by atoms with E-state index in [1.165, 1.54) is 21.7 Å². The fourth-order valence-corrected chi connectivity index (χ4v) is 4.30. The molecule has 0 spiro atoms. The summed E-state index contributed by atoms with van der Waals surface area (Å²) in [6.07, 6.45) is 3.64. The highest BCUT2D eigenvalue weighted by Crippen LogP contribution is 2.24. The summed E-state index contributed by atoms with van der Waals surface area (Å²) in [5.74, 6) is -0.100. The average molecular weight is 322 g/mol. The summed E-state index contributed by atoms with van der Waals surface area (Å²) in [6.45, 7) is 2.23. The van der Waals surface area contributed by atoms with Gasteiger partial charge in [-0.2, -0.15) is 0 Å². The number of piperidine rings is 1. The van der Waals surface area contributed by atoms with Crippen molar-refractivity contribution in [3.63, 3.8) is 0 Å². The second kappa shape index (κ2) is 6.01. The van der Waals surface area contributed by atoms with Crippen LogP contribution in [0.2, 0.25) is 0 Å². The van der Waals surface area contributed by atoms with Crippen LogP contribution >= 0.6 is 0 Å². The Morgan fingerprint density at radius 2 is 1.91 bits per heavy atom. The number of amides is 1. The number of fused-ring (bicyclic) bond motifs is 1. The van der Waals surface area contributed by atoms with Crippen molar-refractivity contribution in [3.8, 4) is 0 Å². The highest BCUT2D eigenvalue weighted by molar-refractivity contribution is 7.88. The molecule has 120 valence electrons. The zero-order valence-electron chi connectivity index (χ0n) is 12.9. The zero-order valence-corrected chi connectivity index (χ0v) is 13.7. The van der Waals surface area contributed by atoms with Crippen LogP contribution in [0.5, 0.6) is 0 Å². The van der Waals surface area contributed by atoms with Gasteiger partial charge in [0.25, 0.3) is 0 Å². The normalized spacial score (nSPS) is 23.1. The lowest BCUT2D eigenvalue weighted by Crippen LogP contribution is -2.47. The van der Waals surface area contributed by atoms with Crippen LogP contribution in [0.4, 0.5) is 0 Å². The van der Waals surface area contributed by atoms with Crippen molar-refractivity contribution in [1.82, 2.24) is 9.21 Å². The number of carbonyl (C=O) groups is 1. The van der Waals surface area contributed by atoms with Gasteiger partial charge < -0.3 is 4.90 Å². The van der Waals surface area contributed by atoms with E-state index in [1.54, 1.807) is 0 Å². The topological polar surface area (TPSA) is 57.7 Å². The van der Waals surface area contributed by atoms with Gasteiger partial charge in [-0.05, 0) is 30.4 Å². The molecule has 1 saturated heterocycles. The van der Waals surface area contributed by atoms with E-state index in [0.717, 1.165) is 25.8 Å². The summed E-state index contributed by atoms with van der Waals surface area (Å²) >= 11 is 0. The Labute approximate surface area is 132 Å². The maximum atomic E-state index is 12.7. The molecule has 6 heteroatoms. The largest absolute Gasteiger partial charge is 0.338 e. The average Bonchev–Trinajstić information content (AvgIpc) is 2.53. The molecule has 1 aromatic rings. The van der Waals surface area contributed by atoms with Crippen LogP contribution in [0.25, 0.3) is 0 Å². The first-order valence-corrected chi connectivity index (χ1v) is 9.60. The van der Waals surface area contributed by atoms with Gasteiger partial charge in [0.1, 0.15) is 0 Å². The minimum atomic E-state index is -3.21. The first kappa shape index (κ1) is 15.5. The maximum absolute atomic E-state index is 12.7. The molecule has 0 N–H and O–H groups in total. The van der Waals surface area contributed by atoms with Crippen molar-refractivity contribution < 1.29 is 13.2 Å². The molecule has 1 atom stereocenters. The predicted octanol–water partition coefficient (Wildman–Crippen LogP) is 1.24. The number of carbonyl (C=O) groups excluding carboxylic acids is 1. The van der Waals surface area contributed by atoms with Gasteiger partial charge in [0, 0.05) is 26.2 Å². The third-order valence-electron chi connectivity index (χ3n) is 4.64. The van der Waals surface area contributed by atoms with Gasteiger partial charge >= 0.3 is 0 Å². The number of hydrogen-bond acceptors (Lipinski definition) is 3. The minimum absolute atomic E-state index is 0.0999. The van der Waals surface area contributed by atoms with Crippen molar-refractivity contribution in [2.75, 3.05) is 25.9 Å². The van der Waals surface area contributed by atoms with Crippen molar-refractivity contribution >= 4 is 15.9 Å². The fourth-order valence-electron chi connectivity index (χ4n) is 3.39. The quantitative estimate of drug-likeness (QED) is 0.823. The van der Waals surface area contributed by atoms with E-state index in [2.05, 4.69) is 12.1 Å². The highest BCUT2D eigenvalue weighted by atomic mass is 32.2. The number of nitrogens with zero attached hydrogens (tertiary/aromatic N) is 2. The van der Waals surface area contributed by atoms with Gasteiger partial charge in [-0.3, -0.25) is 4.79 Å². The van der Waals surface area contributed by atoms with E-state index < -0.39 is 10.0 Å². The molecule has 2 heterocycles. The number of hydrogen-bond donors (Lipinski definition) is 0. The van der Waals surface area contributed by atoms with Gasteiger partial charge in [0.2, 0.25) is 15.9 Å². The molecule has 2 aliphatic heterocycles. The molecule has 5 nitrogen and oxygen atoms in total. The Hall–Kier alpha value is -1.40. The van der Waals surface area contributed by atoms with E-state index in [-0.39, 0.29) is 11.8 Å². The van der Waals surface area contributed by atoms with Gasteiger partial charge in [0.15, 0.2) is 0 Å². The fraction of sp³-hybridized carbons (Fsp3) is 0.562. The summed E-state index contributed by atoms with van der Waals surface area (Å²) in [7, 11) is -3.21. The van der Waals surface area contributed by atoms with Crippen molar-refractivity contribution in [3.05, 3.63) is 35.4 Å². The Morgan fingerprint density at radius 1 is 1.18 bits per heavy atom. The molecule has 0 unspecified atom stereocenters. The van der Waals surface area contributed by atoms with Gasteiger partial charge in [-0.25, -0.2) is 12.7 Å². The van der Waals surface area contributed by atoms with Crippen LogP contribution in [0.1, 0.15) is 24.0 Å². The molecule has 0 bridgehead atoms. The van der Waals surface area contributed by atoms with Crippen LogP contribution in [0.3, 0.4) is 0 Å². The molecule has 0 aliphatic carbocycles. The zero-order chi connectivity index (χ0) is 15.7. The number of benzene rings is 1. The SMILES string of the molecule is CS(=O)(=O)N1CCC[C@H](C(=O)N2CCc3ccccc3C2)C1. The molecular formula is C16H22N2O3S. The number of sulfonamides is 1. The Kier molecular flexibility index (Phi) is 4.23. The Bertz CT molecular complexity index is 672. The lowest BCUT2D eigenvalue weighted by Gasteiger charge is -2.35. The van der Waals surface area contributed by atoms with Gasteiger partial charge in [-0.15, -0.1) is 0 Å². The molecule has 3 rings (SSSR count). The monoisotopic (exact) mass is 322 g/mol. The lowest BCUT2D eigenvalue weighted by atomic mass is 9.95. The third-order valence-corrected chi connectivity index (χ3v) is 5.91. The van der Waals surface area contributed by atoms with E-state index in [0.29, 0.717) is 19.6 Å². The summed E-state index contributed by atoms with van der Waals surface area (Å²) in [6, 6.07) is 8.21. The predicted molar refractivity (Wildman–Crippen MR) is 84.7 cm³/mol. The molecule has 0 radical (unpaired) electrons. The molecule has 1 amide bonds. The Balaban J connectivity index is 1.70. The molecule has 1 fully saturated rings. The summed E-state index contributed by atoms with van der Waals surface area (Å²) in [4.78, 5) is 14.6. The molecule has 0 saturated carbocycles.